The van der Waals surface area contributed by atoms with Gasteiger partial charge in [-0.15, -0.1) is 0 Å². The van der Waals surface area contributed by atoms with Crippen LogP contribution in [0.3, 0.4) is 0 Å². The van der Waals surface area contributed by atoms with Gasteiger partial charge in [-0.2, -0.15) is 5.10 Å². The minimum absolute atomic E-state index is 0.0900. The Morgan fingerprint density at radius 3 is 2.96 bits per heavy atom. The maximum Gasteiger partial charge on any atom is 0.259 e. The lowest BCUT2D eigenvalue weighted by Gasteiger charge is -2.27. The normalized spacial score (nSPS) is 14.6. The Balaban J connectivity index is 1.67. The molecule has 1 aliphatic heterocycles. The van der Waals surface area contributed by atoms with Crippen molar-refractivity contribution in [2.24, 2.45) is 0 Å². The Labute approximate surface area is 154 Å². The third kappa shape index (κ3) is 3.35. The summed E-state index contributed by atoms with van der Waals surface area (Å²) in [4.78, 5) is 23.5. The van der Waals surface area contributed by atoms with Crippen LogP contribution in [0.2, 0.25) is 0 Å². The number of carbonyl (C=O) groups excluding carboxylic acids is 1. The number of benzene rings is 1. The number of hydrogen-bond acceptors (Lipinski definition) is 7. The fourth-order valence-corrected chi connectivity index (χ4v) is 3.15. The maximum atomic E-state index is 12.9. The summed E-state index contributed by atoms with van der Waals surface area (Å²) in [5.41, 5.74) is 2.24. The van der Waals surface area contributed by atoms with Gasteiger partial charge in [0.2, 0.25) is 0 Å². The lowest BCUT2D eigenvalue weighted by atomic mass is 10.2. The van der Waals surface area contributed by atoms with E-state index in [1.807, 2.05) is 24.5 Å². The fraction of sp³-hybridized carbons (Fsp3) is 0.294. The molecule has 2 aromatic heterocycles. The summed E-state index contributed by atoms with van der Waals surface area (Å²) in [6.07, 6.45) is 5.25. The van der Waals surface area contributed by atoms with Gasteiger partial charge in [-0.05, 0) is 24.5 Å². The van der Waals surface area contributed by atoms with Crippen LogP contribution in [-0.2, 0) is 4.74 Å². The van der Waals surface area contributed by atoms with Crippen molar-refractivity contribution >= 4 is 40.1 Å². The van der Waals surface area contributed by atoms with Crippen molar-refractivity contribution in [3.63, 3.8) is 0 Å². The number of ether oxygens (including phenoxy) is 1. The van der Waals surface area contributed by atoms with Gasteiger partial charge in [-0.25, -0.2) is 9.97 Å². The Kier molecular flexibility index (Phi) is 4.72. The Hall–Kier alpha value is -2.65. The van der Waals surface area contributed by atoms with Crippen LogP contribution in [0, 0.1) is 0 Å². The van der Waals surface area contributed by atoms with Crippen molar-refractivity contribution in [2.45, 2.75) is 5.16 Å². The molecule has 1 aromatic carbocycles. The van der Waals surface area contributed by atoms with E-state index in [1.54, 1.807) is 17.3 Å². The number of nitrogens with zero attached hydrogens (tertiary/aromatic N) is 4. The molecule has 3 aromatic rings. The SMILES string of the molecule is CSc1ncc(C(=O)N2CCOCC2)c(Nc2ccc3[nH]ncc3c2)n1. The second-order valence-corrected chi connectivity index (χ2v) is 6.59. The van der Waals surface area contributed by atoms with Crippen molar-refractivity contribution in [1.82, 2.24) is 25.1 Å². The van der Waals surface area contributed by atoms with Crippen molar-refractivity contribution in [2.75, 3.05) is 37.9 Å². The number of rotatable bonds is 4. The van der Waals surface area contributed by atoms with Gasteiger partial charge in [0.05, 0.1) is 24.9 Å². The van der Waals surface area contributed by atoms with Gasteiger partial charge in [-0.1, -0.05) is 11.8 Å². The number of carbonyl (C=O) groups is 1. The zero-order valence-electron chi connectivity index (χ0n) is 14.2. The Bertz CT molecular complexity index is 938. The van der Waals surface area contributed by atoms with Gasteiger partial charge in [0.1, 0.15) is 11.4 Å². The first-order valence-electron chi connectivity index (χ1n) is 8.23. The van der Waals surface area contributed by atoms with Crippen molar-refractivity contribution in [3.05, 3.63) is 36.2 Å². The molecule has 2 N–H and O–H groups in total. The molecule has 3 heterocycles. The van der Waals surface area contributed by atoms with E-state index in [0.717, 1.165) is 16.6 Å². The van der Waals surface area contributed by atoms with Crippen LogP contribution >= 0.6 is 11.8 Å². The molecule has 0 atom stereocenters. The third-order valence-electron chi connectivity index (χ3n) is 4.18. The molecule has 8 nitrogen and oxygen atoms in total. The molecule has 0 aliphatic carbocycles. The first kappa shape index (κ1) is 16.8. The summed E-state index contributed by atoms with van der Waals surface area (Å²) in [6.45, 7) is 2.25. The Morgan fingerprint density at radius 2 is 2.15 bits per heavy atom. The summed E-state index contributed by atoms with van der Waals surface area (Å²) in [5.74, 6) is 0.413. The van der Waals surface area contributed by atoms with Crippen LogP contribution in [0.4, 0.5) is 11.5 Å². The molecule has 1 saturated heterocycles. The average Bonchev–Trinajstić information content (AvgIpc) is 3.16. The number of anilines is 2. The van der Waals surface area contributed by atoms with Gasteiger partial charge < -0.3 is 15.0 Å². The van der Waals surface area contributed by atoms with E-state index in [-0.39, 0.29) is 5.91 Å². The maximum absolute atomic E-state index is 12.9. The predicted octanol–water partition coefficient (Wildman–Crippen LogP) is 2.29. The predicted molar refractivity (Wildman–Crippen MR) is 99.9 cm³/mol. The zero-order chi connectivity index (χ0) is 17.9. The molecule has 1 amide bonds. The number of morpholine rings is 1. The lowest BCUT2D eigenvalue weighted by molar-refractivity contribution is 0.0303. The molecule has 0 saturated carbocycles. The number of aromatic amines is 1. The summed E-state index contributed by atoms with van der Waals surface area (Å²) in [5, 5.41) is 11.8. The van der Waals surface area contributed by atoms with E-state index in [4.69, 9.17) is 4.74 Å². The van der Waals surface area contributed by atoms with E-state index in [2.05, 4.69) is 25.5 Å². The van der Waals surface area contributed by atoms with E-state index in [1.165, 1.54) is 11.8 Å². The van der Waals surface area contributed by atoms with Gasteiger partial charge in [0.15, 0.2) is 5.16 Å². The summed E-state index contributed by atoms with van der Waals surface area (Å²) >= 11 is 1.43. The first-order valence-corrected chi connectivity index (χ1v) is 9.45. The van der Waals surface area contributed by atoms with Crippen LogP contribution in [0.15, 0.2) is 35.7 Å². The first-order chi connectivity index (χ1) is 12.7. The molecule has 9 heteroatoms. The molecule has 4 rings (SSSR count). The Morgan fingerprint density at radius 1 is 1.31 bits per heavy atom. The molecule has 1 fully saturated rings. The van der Waals surface area contributed by atoms with Crippen LogP contribution in [0.1, 0.15) is 10.4 Å². The van der Waals surface area contributed by atoms with Gasteiger partial charge in [0.25, 0.3) is 5.91 Å². The van der Waals surface area contributed by atoms with E-state index >= 15 is 0 Å². The molecule has 26 heavy (non-hydrogen) atoms. The number of fused-ring (bicyclic) bond motifs is 1. The number of aromatic nitrogens is 4. The molecule has 134 valence electrons. The van der Waals surface area contributed by atoms with Crippen LogP contribution in [0.5, 0.6) is 0 Å². The second-order valence-electron chi connectivity index (χ2n) is 5.82. The number of hydrogen-bond donors (Lipinski definition) is 2. The zero-order valence-corrected chi connectivity index (χ0v) is 15.0. The lowest BCUT2D eigenvalue weighted by Crippen LogP contribution is -2.41. The summed E-state index contributed by atoms with van der Waals surface area (Å²) in [7, 11) is 0. The number of nitrogens with one attached hydrogen (secondary N) is 2. The highest BCUT2D eigenvalue weighted by Crippen LogP contribution is 2.25. The molecule has 0 radical (unpaired) electrons. The summed E-state index contributed by atoms with van der Waals surface area (Å²) in [6, 6.07) is 5.82. The molecule has 0 spiro atoms. The van der Waals surface area contributed by atoms with E-state index in [0.29, 0.717) is 42.8 Å². The topological polar surface area (TPSA) is 96.0 Å². The molecule has 0 bridgehead atoms. The minimum atomic E-state index is -0.0900. The standard InChI is InChI=1S/C17H18N6O2S/c1-26-17-18-10-13(16(24)23-4-6-25-7-5-23)15(21-17)20-12-2-3-14-11(8-12)9-19-22-14/h2-3,8-10H,4-7H2,1H3,(H,19,22)(H,18,20,21). The van der Waals surface area contributed by atoms with Gasteiger partial charge in [0, 0.05) is 30.4 Å². The molecule has 0 unspecified atom stereocenters. The summed E-state index contributed by atoms with van der Waals surface area (Å²) < 4.78 is 5.33. The second kappa shape index (κ2) is 7.30. The van der Waals surface area contributed by atoms with Gasteiger partial charge in [-0.3, -0.25) is 9.89 Å². The van der Waals surface area contributed by atoms with Crippen molar-refractivity contribution in [3.8, 4) is 0 Å². The molecule has 1 aliphatic rings. The van der Waals surface area contributed by atoms with Crippen LogP contribution in [-0.4, -0.2) is 63.5 Å². The van der Waals surface area contributed by atoms with Crippen molar-refractivity contribution in [1.29, 1.82) is 0 Å². The smallest absolute Gasteiger partial charge is 0.259 e. The van der Waals surface area contributed by atoms with Crippen molar-refractivity contribution < 1.29 is 9.53 Å². The highest BCUT2D eigenvalue weighted by atomic mass is 32.2. The van der Waals surface area contributed by atoms with E-state index < -0.39 is 0 Å². The largest absolute Gasteiger partial charge is 0.378 e. The number of thioether (sulfide) groups is 1. The third-order valence-corrected chi connectivity index (χ3v) is 4.74. The van der Waals surface area contributed by atoms with Crippen LogP contribution < -0.4 is 5.32 Å². The molecular weight excluding hydrogens is 352 g/mol. The quantitative estimate of drug-likeness (QED) is 0.537. The minimum Gasteiger partial charge on any atom is -0.378 e. The fourth-order valence-electron chi connectivity index (χ4n) is 2.81. The monoisotopic (exact) mass is 370 g/mol. The number of H-pyrrole nitrogens is 1. The molecular formula is C17H18N6O2S. The average molecular weight is 370 g/mol. The highest BCUT2D eigenvalue weighted by Gasteiger charge is 2.23. The van der Waals surface area contributed by atoms with E-state index in [9.17, 15) is 4.79 Å². The van der Waals surface area contributed by atoms with Crippen LogP contribution in [0.25, 0.3) is 10.9 Å². The van der Waals surface area contributed by atoms with Gasteiger partial charge >= 0.3 is 0 Å². The number of amides is 1. The highest BCUT2D eigenvalue weighted by molar-refractivity contribution is 7.98.